The van der Waals surface area contributed by atoms with Gasteiger partial charge in [0.25, 0.3) is 0 Å². The van der Waals surface area contributed by atoms with Crippen molar-refractivity contribution in [2.45, 2.75) is 46.0 Å². The Kier molecular flexibility index (Phi) is 7.63. The van der Waals surface area contributed by atoms with Gasteiger partial charge in [-0.25, -0.2) is 4.79 Å². The molecule has 2 N–H and O–H groups in total. The van der Waals surface area contributed by atoms with E-state index in [0.717, 1.165) is 31.8 Å². The first-order valence-electron chi connectivity index (χ1n) is 9.44. The smallest absolute Gasteiger partial charge is 0.317 e. The highest BCUT2D eigenvalue weighted by atomic mass is 16.3. The van der Waals surface area contributed by atoms with Gasteiger partial charge in [-0.2, -0.15) is 0 Å². The molecule has 0 saturated carbocycles. The van der Waals surface area contributed by atoms with Gasteiger partial charge in [-0.05, 0) is 69.5 Å². The number of nitrogens with one attached hydrogen (secondary N) is 1. The first-order valence-corrected chi connectivity index (χ1v) is 9.44. The summed E-state index contributed by atoms with van der Waals surface area (Å²) in [6, 6.07) is 0.0605. The van der Waals surface area contributed by atoms with E-state index in [-0.39, 0.29) is 18.6 Å². The number of rotatable bonds is 6. The standard InChI is InChI=1S/C18H35N3O2/c1-15(2)5-9-20-10-6-16(7-11-20)12-19-18(23)21-8-3-4-17(13-21)14-22/h15-17,22H,3-14H2,1-2H3,(H,19,23)/t17-/m0/s1. The Bertz CT molecular complexity index is 354. The van der Waals surface area contributed by atoms with Crippen LogP contribution in [-0.2, 0) is 0 Å². The van der Waals surface area contributed by atoms with Crippen LogP contribution in [0.25, 0.3) is 0 Å². The number of hydrogen-bond donors (Lipinski definition) is 2. The molecule has 0 aliphatic carbocycles. The fourth-order valence-corrected chi connectivity index (χ4v) is 3.60. The Morgan fingerprint density at radius 1 is 1.17 bits per heavy atom. The van der Waals surface area contributed by atoms with Gasteiger partial charge >= 0.3 is 6.03 Å². The SMILES string of the molecule is CC(C)CCN1CCC(CNC(=O)N2CCC[C@H](CO)C2)CC1. The predicted molar refractivity (Wildman–Crippen MR) is 93.4 cm³/mol. The van der Waals surface area contributed by atoms with E-state index in [2.05, 4.69) is 24.1 Å². The molecule has 2 amide bonds. The summed E-state index contributed by atoms with van der Waals surface area (Å²) in [5, 5.41) is 12.4. The molecule has 5 nitrogen and oxygen atoms in total. The second-order valence-corrected chi connectivity index (χ2v) is 7.79. The second-order valence-electron chi connectivity index (χ2n) is 7.79. The van der Waals surface area contributed by atoms with Gasteiger partial charge in [-0.15, -0.1) is 0 Å². The van der Waals surface area contributed by atoms with Gasteiger partial charge in [0, 0.05) is 26.2 Å². The molecular formula is C18H35N3O2. The van der Waals surface area contributed by atoms with Crippen molar-refractivity contribution in [2.24, 2.45) is 17.8 Å². The van der Waals surface area contributed by atoms with Crippen molar-refractivity contribution in [3.63, 3.8) is 0 Å². The van der Waals surface area contributed by atoms with Crippen LogP contribution in [0.5, 0.6) is 0 Å². The highest BCUT2D eigenvalue weighted by molar-refractivity contribution is 5.74. The van der Waals surface area contributed by atoms with Gasteiger partial charge in [0.05, 0.1) is 0 Å². The van der Waals surface area contributed by atoms with Gasteiger partial charge in [-0.1, -0.05) is 13.8 Å². The molecule has 0 bridgehead atoms. The molecule has 0 aromatic heterocycles. The maximum Gasteiger partial charge on any atom is 0.317 e. The minimum absolute atomic E-state index is 0.0605. The summed E-state index contributed by atoms with van der Waals surface area (Å²) in [7, 11) is 0. The van der Waals surface area contributed by atoms with Crippen molar-refractivity contribution in [3.8, 4) is 0 Å². The number of piperidine rings is 2. The molecule has 0 spiro atoms. The molecule has 0 unspecified atom stereocenters. The van der Waals surface area contributed by atoms with E-state index in [0.29, 0.717) is 12.5 Å². The number of carbonyl (C=O) groups is 1. The molecule has 0 aromatic carbocycles. The number of carbonyl (C=O) groups excluding carboxylic acids is 1. The zero-order valence-electron chi connectivity index (χ0n) is 15.0. The number of nitrogens with zero attached hydrogens (tertiary/aromatic N) is 2. The maximum atomic E-state index is 12.3. The van der Waals surface area contributed by atoms with Gasteiger partial charge < -0.3 is 20.2 Å². The molecule has 5 heteroatoms. The number of hydrogen-bond acceptors (Lipinski definition) is 3. The number of amides is 2. The minimum atomic E-state index is 0.0605. The molecule has 2 saturated heterocycles. The molecule has 2 aliphatic heterocycles. The van der Waals surface area contributed by atoms with Crippen molar-refractivity contribution in [2.75, 3.05) is 45.9 Å². The topological polar surface area (TPSA) is 55.8 Å². The van der Waals surface area contributed by atoms with Crippen molar-refractivity contribution in [1.29, 1.82) is 0 Å². The minimum Gasteiger partial charge on any atom is -0.396 e. The average molecular weight is 325 g/mol. The van der Waals surface area contributed by atoms with Crippen LogP contribution in [0.15, 0.2) is 0 Å². The lowest BCUT2D eigenvalue weighted by atomic mass is 9.96. The largest absolute Gasteiger partial charge is 0.396 e. The summed E-state index contributed by atoms with van der Waals surface area (Å²) in [5.74, 6) is 1.66. The predicted octanol–water partition coefficient (Wildman–Crippen LogP) is 2.16. The molecule has 1 atom stereocenters. The van der Waals surface area contributed by atoms with Crippen LogP contribution < -0.4 is 5.32 Å². The summed E-state index contributed by atoms with van der Waals surface area (Å²) in [4.78, 5) is 16.7. The number of urea groups is 1. The van der Waals surface area contributed by atoms with Crippen molar-refractivity contribution < 1.29 is 9.90 Å². The fourth-order valence-electron chi connectivity index (χ4n) is 3.60. The quantitative estimate of drug-likeness (QED) is 0.787. The average Bonchev–Trinajstić information content (AvgIpc) is 2.58. The Balaban J connectivity index is 1.62. The van der Waals surface area contributed by atoms with Crippen LogP contribution in [0.4, 0.5) is 4.79 Å². The third kappa shape index (κ3) is 6.30. The maximum absolute atomic E-state index is 12.3. The fraction of sp³-hybridized carbons (Fsp3) is 0.944. The monoisotopic (exact) mass is 325 g/mol. The summed E-state index contributed by atoms with van der Waals surface area (Å²) < 4.78 is 0. The summed E-state index contributed by atoms with van der Waals surface area (Å²) in [6.45, 7) is 10.6. The Hall–Kier alpha value is -0.810. The van der Waals surface area contributed by atoms with Gasteiger partial charge in [0.1, 0.15) is 0 Å². The molecule has 2 heterocycles. The van der Waals surface area contributed by atoms with Crippen molar-refractivity contribution in [3.05, 3.63) is 0 Å². The molecule has 23 heavy (non-hydrogen) atoms. The number of aliphatic hydroxyl groups excluding tert-OH is 1. The highest BCUT2D eigenvalue weighted by Crippen LogP contribution is 2.18. The van der Waals surface area contributed by atoms with E-state index >= 15 is 0 Å². The molecule has 0 radical (unpaired) electrons. The van der Waals surface area contributed by atoms with Crippen LogP contribution in [0.1, 0.15) is 46.0 Å². The molecule has 2 rings (SSSR count). The Labute approximate surface area is 141 Å². The van der Waals surface area contributed by atoms with E-state index in [4.69, 9.17) is 0 Å². The number of aliphatic hydroxyl groups is 1. The summed E-state index contributed by atoms with van der Waals surface area (Å²) >= 11 is 0. The summed E-state index contributed by atoms with van der Waals surface area (Å²) in [6.07, 6.45) is 5.71. The van der Waals surface area contributed by atoms with Crippen LogP contribution in [-0.4, -0.2) is 66.8 Å². The van der Waals surface area contributed by atoms with Crippen LogP contribution in [0.3, 0.4) is 0 Å². The first kappa shape index (κ1) is 18.5. The lowest BCUT2D eigenvalue weighted by molar-refractivity contribution is 0.126. The van der Waals surface area contributed by atoms with E-state index in [1.54, 1.807) is 0 Å². The van der Waals surface area contributed by atoms with Gasteiger partial charge in [0.15, 0.2) is 0 Å². The molecular weight excluding hydrogens is 290 g/mol. The zero-order valence-corrected chi connectivity index (χ0v) is 15.0. The van der Waals surface area contributed by atoms with Gasteiger partial charge in [-0.3, -0.25) is 0 Å². The third-order valence-electron chi connectivity index (χ3n) is 5.34. The number of likely N-dealkylation sites (tertiary alicyclic amines) is 2. The second kappa shape index (κ2) is 9.48. The first-order chi connectivity index (χ1) is 11.1. The molecule has 2 fully saturated rings. The third-order valence-corrected chi connectivity index (χ3v) is 5.34. The van der Waals surface area contributed by atoms with E-state index < -0.39 is 0 Å². The van der Waals surface area contributed by atoms with Crippen molar-refractivity contribution >= 4 is 6.03 Å². The van der Waals surface area contributed by atoms with Crippen LogP contribution >= 0.6 is 0 Å². The highest BCUT2D eigenvalue weighted by Gasteiger charge is 2.24. The molecule has 2 aliphatic rings. The Morgan fingerprint density at radius 3 is 2.57 bits per heavy atom. The van der Waals surface area contributed by atoms with Crippen LogP contribution in [0.2, 0.25) is 0 Å². The van der Waals surface area contributed by atoms with Crippen LogP contribution in [0, 0.1) is 17.8 Å². The van der Waals surface area contributed by atoms with E-state index in [9.17, 15) is 9.90 Å². The molecule has 0 aromatic rings. The van der Waals surface area contributed by atoms with Crippen molar-refractivity contribution in [1.82, 2.24) is 15.1 Å². The normalized spacial score (nSPS) is 24.2. The van der Waals surface area contributed by atoms with E-state index in [1.165, 1.54) is 38.9 Å². The zero-order chi connectivity index (χ0) is 16.7. The Morgan fingerprint density at radius 2 is 1.91 bits per heavy atom. The summed E-state index contributed by atoms with van der Waals surface area (Å²) in [5.41, 5.74) is 0. The molecule has 134 valence electrons. The lowest BCUT2D eigenvalue weighted by Gasteiger charge is -2.34. The lowest BCUT2D eigenvalue weighted by Crippen LogP contribution is -2.48. The van der Waals surface area contributed by atoms with Gasteiger partial charge in [0.2, 0.25) is 0 Å². The van der Waals surface area contributed by atoms with E-state index in [1.807, 2.05) is 4.90 Å².